The summed E-state index contributed by atoms with van der Waals surface area (Å²) >= 11 is 1.83. The summed E-state index contributed by atoms with van der Waals surface area (Å²) in [6, 6.07) is 4.59. The quantitative estimate of drug-likeness (QED) is 0.694. The Morgan fingerprint density at radius 2 is 2.46 bits per heavy atom. The summed E-state index contributed by atoms with van der Waals surface area (Å²) in [6.45, 7) is 3.68. The van der Waals surface area contributed by atoms with E-state index in [2.05, 4.69) is 24.1 Å². The molecule has 0 saturated carbocycles. The topological polar surface area (TPSA) is 26.0 Å². The van der Waals surface area contributed by atoms with Gasteiger partial charge in [-0.25, -0.2) is 0 Å². The van der Waals surface area contributed by atoms with E-state index in [1.54, 1.807) is 0 Å². The largest absolute Gasteiger partial charge is 0.327 e. The highest BCUT2D eigenvalue weighted by Crippen LogP contribution is 2.12. The summed E-state index contributed by atoms with van der Waals surface area (Å²) in [7, 11) is 0. The third-order valence-corrected chi connectivity index (χ3v) is 2.98. The second-order valence-corrected chi connectivity index (χ2v) is 4.29. The van der Waals surface area contributed by atoms with Crippen molar-refractivity contribution in [3.63, 3.8) is 0 Å². The van der Waals surface area contributed by atoms with E-state index in [4.69, 9.17) is 5.73 Å². The van der Waals surface area contributed by atoms with Crippen LogP contribution < -0.4 is 5.73 Å². The van der Waals surface area contributed by atoms with Crippen molar-refractivity contribution in [2.24, 2.45) is 5.73 Å². The van der Waals surface area contributed by atoms with Gasteiger partial charge in [0.15, 0.2) is 0 Å². The summed E-state index contributed by atoms with van der Waals surface area (Å²) in [4.78, 5) is 1.46. The van der Waals surface area contributed by atoms with Crippen molar-refractivity contribution >= 4 is 11.3 Å². The fraction of sp³-hybridized carbons (Fsp3) is 0.455. The van der Waals surface area contributed by atoms with Crippen molar-refractivity contribution < 1.29 is 0 Å². The van der Waals surface area contributed by atoms with Crippen LogP contribution in [0.3, 0.4) is 0 Å². The third kappa shape index (κ3) is 4.25. The van der Waals surface area contributed by atoms with Gasteiger partial charge in [-0.05, 0) is 37.1 Å². The zero-order chi connectivity index (χ0) is 9.52. The Morgan fingerprint density at radius 3 is 3.08 bits per heavy atom. The van der Waals surface area contributed by atoms with E-state index in [0.29, 0.717) is 6.04 Å². The van der Waals surface area contributed by atoms with Crippen LogP contribution in [0.5, 0.6) is 0 Å². The molecular weight excluding hydrogens is 178 g/mol. The summed E-state index contributed by atoms with van der Waals surface area (Å²) < 4.78 is 0. The SMILES string of the molecule is C=CCC(N)CCCc1cccs1. The van der Waals surface area contributed by atoms with E-state index < -0.39 is 0 Å². The second kappa shape index (κ2) is 5.95. The van der Waals surface area contributed by atoms with Crippen LogP contribution in [0, 0.1) is 0 Å². The van der Waals surface area contributed by atoms with Crippen molar-refractivity contribution in [2.75, 3.05) is 0 Å². The molecule has 1 heterocycles. The molecule has 0 saturated heterocycles. The lowest BCUT2D eigenvalue weighted by molar-refractivity contribution is 0.591. The standard InChI is InChI=1S/C11H17NS/c1-2-5-10(12)6-3-7-11-8-4-9-13-11/h2,4,8-10H,1,3,5-7,12H2. The highest BCUT2D eigenvalue weighted by atomic mass is 32.1. The first kappa shape index (κ1) is 10.5. The molecule has 1 atom stereocenters. The van der Waals surface area contributed by atoms with Gasteiger partial charge >= 0.3 is 0 Å². The van der Waals surface area contributed by atoms with E-state index in [-0.39, 0.29) is 0 Å². The van der Waals surface area contributed by atoms with Gasteiger partial charge in [-0.15, -0.1) is 17.9 Å². The van der Waals surface area contributed by atoms with E-state index in [1.165, 1.54) is 17.7 Å². The van der Waals surface area contributed by atoms with Crippen molar-refractivity contribution in [1.29, 1.82) is 0 Å². The van der Waals surface area contributed by atoms with Gasteiger partial charge in [0.25, 0.3) is 0 Å². The number of aryl methyl sites for hydroxylation is 1. The Bertz CT molecular complexity index is 228. The number of rotatable bonds is 6. The average Bonchev–Trinajstić information content (AvgIpc) is 2.57. The Morgan fingerprint density at radius 1 is 1.62 bits per heavy atom. The maximum atomic E-state index is 5.86. The van der Waals surface area contributed by atoms with Crippen molar-refractivity contribution in [3.8, 4) is 0 Å². The summed E-state index contributed by atoms with van der Waals surface area (Å²) in [6.07, 6.45) is 6.29. The van der Waals surface area contributed by atoms with Gasteiger partial charge in [0.1, 0.15) is 0 Å². The molecule has 2 N–H and O–H groups in total. The molecule has 0 fully saturated rings. The third-order valence-electron chi connectivity index (χ3n) is 2.05. The lowest BCUT2D eigenvalue weighted by Gasteiger charge is -2.07. The molecule has 0 spiro atoms. The van der Waals surface area contributed by atoms with Gasteiger partial charge in [-0.1, -0.05) is 12.1 Å². The van der Waals surface area contributed by atoms with Gasteiger partial charge in [-0.3, -0.25) is 0 Å². The zero-order valence-electron chi connectivity index (χ0n) is 7.91. The van der Waals surface area contributed by atoms with Crippen LogP contribution in [-0.4, -0.2) is 6.04 Å². The molecule has 2 heteroatoms. The van der Waals surface area contributed by atoms with Gasteiger partial charge in [0.05, 0.1) is 0 Å². The Kier molecular flexibility index (Phi) is 4.79. The predicted molar refractivity (Wildman–Crippen MR) is 60.0 cm³/mol. The number of hydrogen-bond acceptors (Lipinski definition) is 2. The molecule has 72 valence electrons. The molecule has 0 bridgehead atoms. The van der Waals surface area contributed by atoms with Crippen molar-refractivity contribution in [2.45, 2.75) is 31.7 Å². The van der Waals surface area contributed by atoms with Crippen LogP contribution in [0.15, 0.2) is 30.2 Å². The highest BCUT2D eigenvalue weighted by Gasteiger charge is 2.00. The van der Waals surface area contributed by atoms with Crippen LogP contribution in [0.2, 0.25) is 0 Å². The molecule has 1 rings (SSSR count). The summed E-state index contributed by atoms with van der Waals surface area (Å²) in [5.74, 6) is 0. The van der Waals surface area contributed by atoms with Gasteiger partial charge in [0.2, 0.25) is 0 Å². The molecule has 0 aromatic carbocycles. The first-order valence-corrected chi connectivity index (χ1v) is 5.59. The van der Waals surface area contributed by atoms with Crippen LogP contribution >= 0.6 is 11.3 Å². The number of hydrogen-bond donors (Lipinski definition) is 1. The van der Waals surface area contributed by atoms with E-state index in [1.807, 2.05) is 17.4 Å². The van der Waals surface area contributed by atoms with Crippen LogP contribution in [0.1, 0.15) is 24.1 Å². The fourth-order valence-electron chi connectivity index (χ4n) is 1.33. The first-order chi connectivity index (χ1) is 6.33. The smallest absolute Gasteiger partial charge is 0.00734 e. The molecular formula is C11H17NS. The zero-order valence-corrected chi connectivity index (χ0v) is 8.72. The monoisotopic (exact) mass is 195 g/mol. The Labute approximate surface area is 84.3 Å². The van der Waals surface area contributed by atoms with Crippen molar-refractivity contribution in [1.82, 2.24) is 0 Å². The normalized spacial score (nSPS) is 12.7. The van der Waals surface area contributed by atoms with Crippen LogP contribution in [-0.2, 0) is 6.42 Å². The number of thiophene rings is 1. The second-order valence-electron chi connectivity index (χ2n) is 3.26. The minimum Gasteiger partial charge on any atom is -0.327 e. The fourth-order valence-corrected chi connectivity index (χ4v) is 2.08. The Balaban J connectivity index is 2.10. The molecule has 0 aliphatic carbocycles. The van der Waals surface area contributed by atoms with Crippen LogP contribution in [0.4, 0.5) is 0 Å². The summed E-state index contributed by atoms with van der Waals surface area (Å²) in [5.41, 5.74) is 5.86. The highest BCUT2D eigenvalue weighted by molar-refractivity contribution is 7.09. The molecule has 13 heavy (non-hydrogen) atoms. The predicted octanol–water partition coefficient (Wildman–Crippen LogP) is 2.97. The molecule has 1 nitrogen and oxygen atoms in total. The number of nitrogens with two attached hydrogens (primary N) is 1. The van der Waals surface area contributed by atoms with Gasteiger partial charge in [0, 0.05) is 10.9 Å². The van der Waals surface area contributed by atoms with E-state index >= 15 is 0 Å². The lowest BCUT2D eigenvalue weighted by Crippen LogP contribution is -2.18. The molecule has 0 aliphatic rings. The molecule has 1 aromatic heterocycles. The molecule has 1 unspecified atom stereocenters. The molecule has 1 aromatic rings. The maximum absolute atomic E-state index is 5.86. The van der Waals surface area contributed by atoms with Crippen LogP contribution in [0.25, 0.3) is 0 Å². The summed E-state index contributed by atoms with van der Waals surface area (Å²) in [5, 5.41) is 2.12. The average molecular weight is 195 g/mol. The van der Waals surface area contributed by atoms with Crippen molar-refractivity contribution in [3.05, 3.63) is 35.0 Å². The first-order valence-electron chi connectivity index (χ1n) is 4.72. The lowest BCUT2D eigenvalue weighted by atomic mass is 10.1. The minimum atomic E-state index is 0.303. The van der Waals surface area contributed by atoms with E-state index in [9.17, 15) is 0 Å². The molecule has 0 radical (unpaired) electrons. The van der Waals surface area contributed by atoms with E-state index in [0.717, 1.165) is 12.8 Å². The molecule has 0 aliphatic heterocycles. The van der Waals surface area contributed by atoms with Gasteiger partial charge < -0.3 is 5.73 Å². The minimum absolute atomic E-state index is 0.303. The van der Waals surface area contributed by atoms with Gasteiger partial charge in [-0.2, -0.15) is 0 Å². The molecule has 0 amide bonds. The Hall–Kier alpha value is -0.600. The maximum Gasteiger partial charge on any atom is 0.00734 e.